The zero-order chi connectivity index (χ0) is 26.5. The summed E-state index contributed by atoms with van der Waals surface area (Å²) in [5.74, 6) is 1.19. The number of halogens is 1. The lowest BCUT2D eigenvalue weighted by molar-refractivity contribution is -0.113. The van der Waals surface area contributed by atoms with Crippen LogP contribution in [-0.2, 0) is 17.8 Å². The molecule has 0 atom stereocenters. The molecule has 37 heavy (non-hydrogen) atoms. The third kappa shape index (κ3) is 6.35. The molecule has 1 amide bonds. The second-order valence-corrected chi connectivity index (χ2v) is 11.2. The van der Waals surface area contributed by atoms with Gasteiger partial charge in [0.05, 0.1) is 17.2 Å². The van der Waals surface area contributed by atoms with E-state index < -0.39 is 0 Å². The summed E-state index contributed by atoms with van der Waals surface area (Å²) in [5.41, 5.74) is 5.80. The number of amides is 1. The van der Waals surface area contributed by atoms with E-state index in [4.69, 9.17) is 21.7 Å². The molecule has 190 valence electrons. The van der Waals surface area contributed by atoms with Gasteiger partial charge in [0.25, 0.3) is 5.91 Å². The minimum atomic E-state index is -0.124. The Kier molecular flexibility index (Phi) is 8.90. The average molecular weight is 595 g/mol. The van der Waals surface area contributed by atoms with Gasteiger partial charge in [0.15, 0.2) is 15.8 Å². The van der Waals surface area contributed by atoms with Crippen LogP contribution >= 0.6 is 39.9 Å². The van der Waals surface area contributed by atoms with E-state index in [2.05, 4.69) is 28.6 Å². The molecule has 1 heterocycles. The zero-order valence-electron chi connectivity index (χ0n) is 21.0. The molecule has 0 N–H and O–H groups in total. The maximum absolute atomic E-state index is 13.4. The van der Waals surface area contributed by atoms with Crippen LogP contribution in [0.25, 0.3) is 6.08 Å². The zero-order valence-corrected chi connectivity index (χ0v) is 24.3. The Bertz CT molecular complexity index is 1380. The standard InChI is InChI=1S/C30H28BrNO3S2/c1-5-7-23-15-22(16-26(34-6-2)28(23)35-18-21-9-11-24(31)12-10-21)17-27-29(33)32(30(36)37-27)25-13-8-19(3)14-20(25)4/h5,8-17H,1,6-7,18H2,2-4H3/b27-17+. The van der Waals surface area contributed by atoms with Gasteiger partial charge in [-0.3, -0.25) is 9.69 Å². The molecular weight excluding hydrogens is 566 g/mol. The molecule has 0 aliphatic carbocycles. The Balaban J connectivity index is 1.67. The molecule has 0 radical (unpaired) electrons. The summed E-state index contributed by atoms with van der Waals surface area (Å²) in [6, 6.07) is 17.9. The van der Waals surface area contributed by atoms with Crippen LogP contribution in [0.2, 0.25) is 0 Å². The van der Waals surface area contributed by atoms with Crippen LogP contribution in [0.3, 0.4) is 0 Å². The van der Waals surface area contributed by atoms with Gasteiger partial charge < -0.3 is 9.47 Å². The van der Waals surface area contributed by atoms with E-state index in [1.54, 1.807) is 4.90 Å². The van der Waals surface area contributed by atoms with E-state index in [-0.39, 0.29) is 5.91 Å². The minimum Gasteiger partial charge on any atom is -0.490 e. The summed E-state index contributed by atoms with van der Waals surface area (Å²) in [6.45, 7) is 10.8. The molecule has 0 bridgehead atoms. The van der Waals surface area contributed by atoms with Crippen molar-refractivity contribution in [2.24, 2.45) is 0 Å². The van der Waals surface area contributed by atoms with Gasteiger partial charge in [-0.05, 0) is 80.3 Å². The number of aryl methyl sites for hydroxylation is 2. The van der Waals surface area contributed by atoms with Crippen molar-refractivity contribution in [2.75, 3.05) is 11.5 Å². The average Bonchev–Trinajstić information content (AvgIpc) is 3.12. The van der Waals surface area contributed by atoms with Crippen LogP contribution in [0.15, 0.2) is 76.6 Å². The topological polar surface area (TPSA) is 38.8 Å². The summed E-state index contributed by atoms with van der Waals surface area (Å²) in [7, 11) is 0. The number of benzene rings is 3. The third-order valence-electron chi connectivity index (χ3n) is 5.80. The summed E-state index contributed by atoms with van der Waals surface area (Å²) in [6.07, 6.45) is 4.30. The Hall–Kier alpha value is -2.87. The molecule has 0 unspecified atom stereocenters. The first-order valence-electron chi connectivity index (χ1n) is 11.9. The van der Waals surface area contributed by atoms with E-state index in [0.717, 1.165) is 38.0 Å². The van der Waals surface area contributed by atoms with Gasteiger partial charge in [-0.2, -0.15) is 0 Å². The molecule has 1 aliphatic heterocycles. The largest absolute Gasteiger partial charge is 0.490 e. The van der Waals surface area contributed by atoms with Gasteiger partial charge in [0.2, 0.25) is 0 Å². The number of hydrogen-bond donors (Lipinski definition) is 0. The normalized spacial score (nSPS) is 14.4. The predicted molar refractivity (Wildman–Crippen MR) is 162 cm³/mol. The first kappa shape index (κ1) is 27.2. The van der Waals surface area contributed by atoms with Crippen LogP contribution in [0.5, 0.6) is 11.5 Å². The summed E-state index contributed by atoms with van der Waals surface area (Å²) >= 11 is 10.4. The van der Waals surface area contributed by atoms with Crippen molar-refractivity contribution in [3.8, 4) is 11.5 Å². The Labute approximate surface area is 236 Å². The molecule has 0 aromatic heterocycles. The van der Waals surface area contributed by atoms with Crippen molar-refractivity contribution in [3.63, 3.8) is 0 Å². The molecule has 1 saturated heterocycles. The Morgan fingerprint density at radius 2 is 1.84 bits per heavy atom. The summed E-state index contributed by atoms with van der Waals surface area (Å²) < 4.78 is 13.8. The van der Waals surface area contributed by atoms with Crippen LogP contribution in [-0.4, -0.2) is 16.8 Å². The minimum absolute atomic E-state index is 0.124. The monoisotopic (exact) mass is 593 g/mol. The number of allylic oxidation sites excluding steroid dienone is 1. The van der Waals surface area contributed by atoms with Crippen LogP contribution in [0, 0.1) is 13.8 Å². The van der Waals surface area contributed by atoms with Crippen molar-refractivity contribution in [1.29, 1.82) is 0 Å². The molecule has 0 spiro atoms. The summed E-state index contributed by atoms with van der Waals surface area (Å²) in [5, 5.41) is 0. The smallest absolute Gasteiger partial charge is 0.270 e. The SMILES string of the molecule is C=CCc1cc(/C=C2/SC(=S)N(c3ccc(C)cc3C)C2=O)cc(OCC)c1OCc1ccc(Br)cc1. The van der Waals surface area contributed by atoms with E-state index >= 15 is 0 Å². The van der Waals surface area contributed by atoms with Gasteiger partial charge in [-0.1, -0.05) is 75.8 Å². The van der Waals surface area contributed by atoms with Crippen molar-refractivity contribution >= 4 is 61.9 Å². The summed E-state index contributed by atoms with van der Waals surface area (Å²) in [4.78, 5) is 15.6. The lowest BCUT2D eigenvalue weighted by Crippen LogP contribution is -2.28. The molecule has 1 aliphatic rings. The fourth-order valence-corrected chi connectivity index (χ4v) is 5.67. The van der Waals surface area contributed by atoms with E-state index in [9.17, 15) is 4.79 Å². The first-order chi connectivity index (χ1) is 17.8. The van der Waals surface area contributed by atoms with Crippen LogP contribution in [0.4, 0.5) is 5.69 Å². The van der Waals surface area contributed by atoms with Gasteiger partial charge >= 0.3 is 0 Å². The number of rotatable bonds is 9. The number of hydrogen-bond acceptors (Lipinski definition) is 5. The fourth-order valence-electron chi connectivity index (χ4n) is 4.12. The van der Waals surface area contributed by atoms with Crippen LogP contribution < -0.4 is 14.4 Å². The molecule has 0 saturated carbocycles. The van der Waals surface area contributed by atoms with Gasteiger partial charge in [0, 0.05) is 10.0 Å². The first-order valence-corrected chi connectivity index (χ1v) is 14.0. The number of thiocarbonyl (C=S) groups is 1. The number of carbonyl (C=O) groups is 1. The van der Waals surface area contributed by atoms with Crippen molar-refractivity contribution < 1.29 is 14.3 Å². The number of carbonyl (C=O) groups excluding carboxylic acids is 1. The lowest BCUT2D eigenvalue weighted by Gasteiger charge is -2.18. The van der Waals surface area contributed by atoms with Gasteiger partial charge in [0.1, 0.15) is 6.61 Å². The molecule has 3 aromatic rings. The van der Waals surface area contributed by atoms with Crippen molar-refractivity contribution in [1.82, 2.24) is 0 Å². The van der Waals surface area contributed by atoms with E-state index in [0.29, 0.717) is 40.4 Å². The lowest BCUT2D eigenvalue weighted by atomic mass is 10.0. The maximum atomic E-state index is 13.4. The number of nitrogens with zero attached hydrogens (tertiary/aromatic N) is 1. The highest BCUT2D eigenvalue weighted by molar-refractivity contribution is 9.10. The molecular formula is C30H28BrNO3S2. The van der Waals surface area contributed by atoms with Gasteiger partial charge in [-0.15, -0.1) is 6.58 Å². The molecule has 4 nitrogen and oxygen atoms in total. The number of anilines is 1. The van der Waals surface area contributed by atoms with Crippen LogP contribution in [0.1, 0.15) is 34.7 Å². The predicted octanol–water partition coefficient (Wildman–Crippen LogP) is 8.18. The fraction of sp³-hybridized carbons (Fsp3) is 0.200. The Morgan fingerprint density at radius 3 is 2.51 bits per heavy atom. The van der Waals surface area contributed by atoms with E-state index in [1.807, 2.05) is 81.5 Å². The second-order valence-electron chi connectivity index (χ2n) is 8.66. The highest BCUT2D eigenvalue weighted by Gasteiger charge is 2.34. The van der Waals surface area contributed by atoms with Gasteiger partial charge in [-0.25, -0.2) is 0 Å². The quantitative estimate of drug-likeness (QED) is 0.142. The maximum Gasteiger partial charge on any atom is 0.270 e. The number of ether oxygens (including phenoxy) is 2. The third-order valence-corrected chi connectivity index (χ3v) is 7.63. The molecule has 4 rings (SSSR count). The highest BCUT2D eigenvalue weighted by atomic mass is 79.9. The Morgan fingerprint density at radius 1 is 1.08 bits per heavy atom. The van der Waals surface area contributed by atoms with Crippen molar-refractivity contribution in [3.05, 3.63) is 104 Å². The van der Waals surface area contributed by atoms with Crippen molar-refractivity contribution in [2.45, 2.75) is 33.8 Å². The number of thioether (sulfide) groups is 1. The molecule has 3 aromatic carbocycles. The highest BCUT2D eigenvalue weighted by Crippen LogP contribution is 2.40. The van der Waals surface area contributed by atoms with E-state index in [1.165, 1.54) is 11.8 Å². The second kappa shape index (κ2) is 12.1. The molecule has 7 heteroatoms. The molecule has 1 fully saturated rings.